The summed E-state index contributed by atoms with van der Waals surface area (Å²) >= 11 is 0. The zero-order chi connectivity index (χ0) is 14.3. The van der Waals surface area contributed by atoms with Gasteiger partial charge in [-0.2, -0.15) is 0 Å². The van der Waals surface area contributed by atoms with Crippen LogP contribution in [0.5, 0.6) is 5.75 Å². The second-order valence-corrected chi connectivity index (χ2v) is 6.61. The van der Waals surface area contributed by atoms with E-state index in [1.165, 1.54) is 11.1 Å². The highest BCUT2D eigenvalue weighted by Gasteiger charge is 2.51. The van der Waals surface area contributed by atoms with Gasteiger partial charge in [-0.05, 0) is 60.9 Å². The molecule has 0 saturated carbocycles. The average molecular weight is 271 g/mol. The van der Waals surface area contributed by atoms with Crippen molar-refractivity contribution in [3.63, 3.8) is 0 Å². The van der Waals surface area contributed by atoms with Crippen LogP contribution < -0.4 is 5.32 Å². The number of hydrogen-bond donors (Lipinski definition) is 2. The number of piperidine rings is 1. The van der Waals surface area contributed by atoms with Crippen molar-refractivity contribution < 1.29 is 5.11 Å². The topological polar surface area (TPSA) is 32.3 Å². The summed E-state index contributed by atoms with van der Waals surface area (Å²) in [5.74, 6) is 1.55. The summed E-state index contributed by atoms with van der Waals surface area (Å²) in [7, 11) is 0. The molecule has 1 aromatic rings. The average Bonchev–Trinajstić information content (AvgIpc) is 2.41. The third-order valence-corrected chi connectivity index (χ3v) is 5.80. The van der Waals surface area contributed by atoms with Gasteiger partial charge in [0.05, 0.1) is 0 Å². The number of allylic oxidation sites excluding steroid dienone is 1. The third kappa shape index (κ3) is 1.81. The molecule has 1 fully saturated rings. The van der Waals surface area contributed by atoms with Crippen LogP contribution in [0, 0.1) is 11.8 Å². The molecule has 4 unspecified atom stereocenters. The highest BCUT2D eigenvalue weighted by Crippen LogP contribution is 2.52. The second-order valence-electron chi connectivity index (χ2n) is 6.61. The smallest absolute Gasteiger partial charge is 0.115 e. The fourth-order valence-electron chi connectivity index (χ4n) is 4.69. The Morgan fingerprint density at radius 3 is 3.10 bits per heavy atom. The molecule has 2 nitrogen and oxygen atoms in total. The van der Waals surface area contributed by atoms with E-state index in [1.807, 2.05) is 18.2 Å². The van der Waals surface area contributed by atoms with Gasteiger partial charge in [-0.15, -0.1) is 6.58 Å². The van der Waals surface area contributed by atoms with Crippen LogP contribution in [-0.4, -0.2) is 17.7 Å². The molecule has 0 aromatic heterocycles. The number of hydrogen-bond acceptors (Lipinski definition) is 2. The third-order valence-electron chi connectivity index (χ3n) is 5.80. The van der Waals surface area contributed by atoms with E-state index < -0.39 is 0 Å². The number of phenols is 1. The molecule has 1 aromatic carbocycles. The maximum atomic E-state index is 9.96. The van der Waals surface area contributed by atoms with E-state index in [9.17, 15) is 5.11 Å². The number of nitrogens with one attached hydrogen (secondary N) is 1. The minimum Gasteiger partial charge on any atom is -0.508 e. The van der Waals surface area contributed by atoms with Crippen LogP contribution in [0.15, 0.2) is 30.9 Å². The van der Waals surface area contributed by atoms with Gasteiger partial charge in [-0.3, -0.25) is 0 Å². The molecule has 1 aliphatic carbocycles. The highest BCUT2D eigenvalue weighted by molar-refractivity contribution is 5.45. The van der Waals surface area contributed by atoms with Gasteiger partial charge in [-0.25, -0.2) is 0 Å². The highest BCUT2D eigenvalue weighted by atomic mass is 16.3. The molecule has 0 spiro atoms. The van der Waals surface area contributed by atoms with Gasteiger partial charge in [0.15, 0.2) is 0 Å². The molecule has 0 amide bonds. The zero-order valence-corrected chi connectivity index (χ0v) is 12.5. The number of benzene rings is 1. The molecule has 3 rings (SSSR count). The van der Waals surface area contributed by atoms with E-state index in [0.29, 0.717) is 23.6 Å². The van der Waals surface area contributed by atoms with E-state index in [1.54, 1.807) is 0 Å². The standard InChI is InChI=1S/C18H25NO/c1-4-5-12(2)18-8-9-19-17(13(18)3)10-14-6-7-15(20)11-16(14)18/h4,6-7,11-13,17,19-20H,1,5,8-10H2,2-3H3. The summed E-state index contributed by atoms with van der Waals surface area (Å²) < 4.78 is 0. The van der Waals surface area contributed by atoms with Gasteiger partial charge in [0.1, 0.15) is 5.75 Å². The Hall–Kier alpha value is -1.28. The van der Waals surface area contributed by atoms with Crippen molar-refractivity contribution in [2.24, 2.45) is 11.8 Å². The Morgan fingerprint density at radius 2 is 2.35 bits per heavy atom. The molecule has 2 aliphatic rings. The molecular formula is C18H25NO. The largest absolute Gasteiger partial charge is 0.508 e. The Morgan fingerprint density at radius 1 is 1.55 bits per heavy atom. The van der Waals surface area contributed by atoms with Gasteiger partial charge in [0, 0.05) is 11.5 Å². The molecule has 2 N–H and O–H groups in total. The van der Waals surface area contributed by atoms with Crippen LogP contribution in [0.1, 0.15) is 37.8 Å². The van der Waals surface area contributed by atoms with Gasteiger partial charge < -0.3 is 10.4 Å². The van der Waals surface area contributed by atoms with Crippen molar-refractivity contribution in [3.05, 3.63) is 42.0 Å². The van der Waals surface area contributed by atoms with Crippen LogP contribution in [0.4, 0.5) is 0 Å². The molecule has 4 atom stereocenters. The fraction of sp³-hybridized carbons (Fsp3) is 0.556. The van der Waals surface area contributed by atoms with E-state index in [0.717, 1.165) is 25.8 Å². The SMILES string of the molecule is C=CCC(C)C12CCNC(Cc3ccc(O)cc31)C2C. The molecule has 1 saturated heterocycles. The van der Waals surface area contributed by atoms with Crippen molar-refractivity contribution >= 4 is 0 Å². The van der Waals surface area contributed by atoms with E-state index >= 15 is 0 Å². The molecule has 1 aliphatic heterocycles. The number of fused-ring (bicyclic) bond motifs is 4. The number of phenolic OH excluding ortho intramolecular Hbond substituents is 1. The molecule has 0 radical (unpaired) electrons. The lowest BCUT2D eigenvalue weighted by Gasteiger charge is -2.55. The monoisotopic (exact) mass is 271 g/mol. The Bertz CT molecular complexity index is 524. The fourth-order valence-corrected chi connectivity index (χ4v) is 4.69. The number of aromatic hydroxyl groups is 1. The van der Waals surface area contributed by atoms with Gasteiger partial charge in [0.2, 0.25) is 0 Å². The summed E-state index contributed by atoms with van der Waals surface area (Å²) in [5.41, 5.74) is 2.97. The summed E-state index contributed by atoms with van der Waals surface area (Å²) in [5, 5.41) is 13.7. The summed E-state index contributed by atoms with van der Waals surface area (Å²) in [4.78, 5) is 0. The van der Waals surface area contributed by atoms with Crippen molar-refractivity contribution in [1.82, 2.24) is 5.32 Å². The molecule has 108 valence electrons. The van der Waals surface area contributed by atoms with Gasteiger partial charge in [0.25, 0.3) is 0 Å². The minimum absolute atomic E-state index is 0.177. The van der Waals surface area contributed by atoms with E-state index in [2.05, 4.69) is 31.8 Å². The summed E-state index contributed by atoms with van der Waals surface area (Å²) in [6.07, 6.45) is 5.31. The Balaban J connectivity index is 2.17. The summed E-state index contributed by atoms with van der Waals surface area (Å²) in [6.45, 7) is 9.73. The lowest BCUT2D eigenvalue weighted by molar-refractivity contribution is 0.0887. The van der Waals surface area contributed by atoms with Gasteiger partial charge >= 0.3 is 0 Å². The molecule has 20 heavy (non-hydrogen) atoms. The zero-order valence-electron chi connectivity index (χ0n) is 12.5. The van der Waals surface area contributed by atoms with Crippen LogP contribution in [0.2, 0.25) is 0 Å². The van der Waals surface area contributed by atoms with E-state index in [4.69, 9.17) is 0 Å². The van der Waals surface area contributed by atoms with Crippen molar-refractivity contribution in [2.45, 2.75) is 44.6 Å². The predicted octanol–water partition coefficient (Wildman–Crippen LogP) is 3.40. The second kappa shape index (κ2) is 4.92. The van der Waals surface area contributed by atoms with Crippen LogP contribution in [-0.2, 0) is 11.8 Å². The minimum atomic E-state index is 0.177. The van der Waals surface area contributed by atoms with Crippen LogP contribution in [0.3, 0.4) is 0 Å². The lowest BCUT2D eigenvalue weighted by atomic mass is 9.53. The lowest BCUT2D eigenvalue weighted by Crippen LogP contribution is -2.59. The normalized spacial score (nSPS) is 33.3. The van der Waals surface area contributed by atoms with Crippen molar-refractivity contribution in [1.29, 1.82) is 0 Å². The van der Waals surface area contributed by atoms with E-state index in [-0.39, 0.29) is 5.41 Å². The first kappa shape index (κ1) is 13.7. The van der Waals surface area contributed by atoms with Crippen LogP contribution in [0.25, 0.3) is 0 Å². The summed E-state index contributed by atoms with van der Waals surface area (Å²) in [6, 6.07) is 6.53. The molecule has 1 heterocycles. The first-order valence-electron chi connectivity index (χ1n) is 7.76. The maximum Gasteiger partial charge on any atom is 0.115 e. The van der Waals surface area contributed by atoms with Crippen molar-refractivity contribution in [3.8, 4) is 5.75 Å². The quantitative estimate of drug-likeness (QED) is 0.826. The molecule has 2 heteroatoms. The predicted molar refractivity (Wildman–Crippen MR) is 83.0 cm³/mol. The molecular weight excluding hydrogens is 246 g/mol. The number of rotatable bonds is 3. The Kier molecular flexibility index (Phi) is 3.37. The first-order chi connectivity index (χ1) is 9.59. The maximum absolute atomic E-state index is 9.96. The van der Waals surface area contributed by atoms with Crippen molar-refractivity contribution in [2.75, 3.05) is 6.54 Å². The molecule has 2 bridgehead atoms. The Labute approximate surface area is 121 Å². The van der Waals surface area contributed by atoms with Gasteiger partial charge in [-0.1, -0.05) is 26.0 Å². The van der Waals surface area contributed by atoms with Crippen LogP contribution >= 0.6 is 0 Å². The first-order valence-corrected chi connectivity index (χ1v) is 7.76.